The largest absolute Gasteiger partial charge is 0.397 e. The van der Waals surface area contributed by atoms with E-state index < -0.39 is 23.1 Å². The summed E-state index contributed by atoms with van der Waals surface area (Å²) < 4.78 is 27.8. The quantitative estimate of drug-likeness (QED) is 0.794. The Bertz CT molecular complexity index is 709. The van der Waals surface area contributed by atoms with Gasteiger partial charge < -0.3 is 11.1 Å². The Hall–Kier alpha value is -1.95. The molecule has 0 saturated carbocycles. The van der Waals surface area contributed by atoms with Gasteiger partial charge in [0.1, 0.15) is 17.2 Å². The molecule has 1 amide bonds. The van der Waals surface area contributed by atoms with E-state index >= 15 is 0 Å². The highest BCUT2D eigenvalue weighted by atomic mass is 79.9. The molecule has 2 aromatic carbocycles. The third-order valence-electron chi connectivity index (χ3n) is 3.24. The number of benzene rings is 2. The van der Waals surface area contributed by atoms with Gasteiger partial charge in [0, 0.05) is 4.47 Å². The zero-order chi connectivity index (χ0) is 15.7. The number of amides is 1. The molecular formula is C15H13BrF2N2O. The molecule has 0 aliphatic carbocycles. The molecule has 0 aliphatic rings. The number of carbonyl (C=O) groups is 1. The first-order valence-corrected chi connectivity index (χ1v) is 6.92. The van der Waals surface area contributed by atoms with Gasteiger partial charge in [-0.3, -0.25) is 4.79 Å². The number of nitrogens with two attached hydrogens (primary N) is 1. The Morgan fingerprint density at radius 3 is 2.33 bits per heavy atom. The van der Waals surface area contributed by atoms with Gasteiger partial charge in [0.05, 0.1) is 11.4 Å². The van der Waals surface area contributed by atoms with Gasteiger partial charge in [0.15, 0.2) is 0 Å². The third kappa shape index (κ3) is 3.05. The van der Waals surface area contributed by atoms with E-state index in [0.717, 1.165) is 23.3 Å². The molecule has 0 fully saturated rings. The fourth-order valence-corrected chi connectivity index (χ4v) is 2.34. The zero-order valence-electron chi connectivity index (χ0n) is 11.4. The van der Waals surface area contributed by atoms with E-state index in [4.69, 9.17) is 5.73 Å². The van der Waals surface area contributed by atoms with Crippen LogP contribution in [0.3, 0.4) is 0 Å². The summed E-state index contributed by atoms with van der Waals surface area (Å²) in [6.45, 7) is 3.63. The molecule has 0 spiro atoms. The summed E-state index contributed by atoms with van der Waals surface area (Å²) in [5.74, 6) is -2.76. The highest BCUT2D eigenvalue weighted by molar-refractivity contribution is 9.10. The van der Waals surface area contributed by atoms with Crippen LogP contribution in [0.5, 0.6) is 0 Å². The maximum absolute atomic E-state index is 13.8. The van der Waals surface area contributed by atoms with Crippen molar-refractivity contribution in [3.05, 3.63) is 57.1 Å². The molecule has 21 heavy (non-hydrogen) atoms. The Morgan fingerprint density at radius 2 is 1.76 bits per heavy atom. The maximum atomic E-state index is 13.8. The Balaban J connectivity index is 2.42. The molecule has 0 atom stereocenters. The number of aryl methyl sites for hydroxylation is 1. The Labute approximate surface area is 129 Å². The zero-order valence-corrected chi connectivity index (χ0v) is 13.0. The van der Waals surface area contributed by atoms with Gasteiger partial charge in [-0.05, 0) is 43.2 Å². The smallest absolute Gasteiger partial charge is 0.261 e. The fraction of sp³-hybridized carbons (Fsp3) is 0.133. The summed E-state index contributed by atoms with van der Waals surface area (Å²) in [7, 11) is 0. The van der Waals surface area contributed by atoms with Crippen LogP contribution in [0.1, 0.15) is 21.5 Å². The highest BCUT2D eigenvalue weighted by Gasteiger charge is 2.20. The van der Waals surface area contributed by atoms with Crippen molar-refractivity contribution in [2.45, 2.75) is 13.8 Å². The summed E-state index contributed by atoms with van der Waals surface area (Å²) in [4.78, 5) is 12.1. The van der Waals surface area contributed by atoms with E-state index in [9.17, 15) is 13.6 Å². The number of nitrogen functional groups attached to an aromatic ring is 1. The summed E-state index contributed by atoms with van der Waals surface area (Å²) in [6.07, 6.45) is 0. The first-order chi connectivity index (χ1) is 9.81. The number of carbonyl (C=O) groups excluding carboxylic acids is 1. The lowest BCUT2D eigenvalue weighted by molar-refractivity contribution is 0.101. The number of rotatable bonds is 2. The van der Waals surface area contributed by atoms with Crippen molar-refractivity contribution in [3.8, 4) is 0 Å². The van der Waals surface area contributed by atoms with Crippen LogP contribution in [-0.4, -0.2) is 5.91 Å². The van der Waals surface area contributed by atoms with Crippen LogP contribution in [-0.2, 0) is 0 Å². The van der Waals surface area contributed by atoms with E-state index in [1.165, 1.54) is 0 Å². The average Bonchev–Trinajstić information content (AvgIpc) is 2.38. The topological polar surface area (TPSA) is 55.1 Å². The van der Waals surface area contributed by atoms with Gasteiger partial charge in [-0.25, -0.2) is 8.78 Å². The van der Waals surface area contributed by atoms with Crippen molar-refractivity contribution in [2.75, 3.05) is 11.1 Å². The van der Waals surface area contributed by atoms with Crippen LogP contribution >= 0.6 is 15.9 Å². The number of anilines is 2. The minimum absolute atomic E-state index is 0.223. The fourth-order valence-electron chi connectivity index (χ4n) is 1.94. The lowest BCUT2D eigenvalue weighted by Gasteiger charge is -2.14. The summed E-state index contributed by atoms with van der Waals surface area (Å²) in [5.41, 5.74) is 7.53. The molecule has 6 heteroatoms. The van der Waals surface area contributed by atoms with E-state index in [1.807, 2.05) is 6.92 Å². The van der Waals surface area contributed by atoms with E-state index in [0.29, 0.717) is 11.4 Å². The SMILES string of the molecule is Cc1ccc(N)c(NC(=O)c2c(F)cc(Br)cc2F)c1C. The molecule has 0 aliphatic heterocycles. The monoisotopic (exact) mass is 354 g/mol. The molecule has 0 heterocycles. The summed E-state index contributed by atoms with van der Waals surface area (Å²) in [5, 5.41) is 2.48. The lowest BCUT2D eigenvalue weighted by Crippen LogP contribution is -2.18. The minimum atomic E-state index is -0.941. The Kier molecular flexibility index (Phi) is 4.27. The van der Waals surface area contributed by atoms with E-state index in [2.05, 4.69) is 21.2 Å². The lowest BCUT2D eigenvalue weighted by atomic mass is 10.1. The predicted octanol–water partition coefficient (Wildman–Crippen LogP) is 4.18. The van der Waals surface area contributed by atoms with Crippen molar-refractivity contribution in [1.82, 2.24) is 0 Å². The van der Waals surface area contributed by atoms with E-state index in [-0.39, 0.29) is 4.47 Å². The second-order valence-electron chi connectivity index (χ2n) is 4.67. The standard InChI is InChI=1S/C15H13BrF2N2O/c1-7-3-4-12(19)14(8(7)2)20-15(21)13-10(17)5-9(16)6-11(13)18/h3-6H,19H2,1-2H3,(H,20,21). The molecule has 2 aromatic rings. The van der Waals surface area contributed by atoms with Crippen molar-refractivity contribution in [1.29, 1.82) is 0 Å². The number of halogens is 3. The molecule has 3 nitrogen and oxygen atoms in total. The van der Waals surface area contributed by atoms with Crippen LogP contribution in [0.4, 0.5) is 20.2 Å². The van der Waals surface area contributed by atoms with E-state index in [1.54, 1.807) is 19.1 Å². The van der Waals surface area contributed by atoms with Crippen LogP contribution < -0.4 is 11.1 Å². The van der Waals surface area contributed by atoms with Gasteiger partial charge >= 0.3 is 0 Å². The minimum Gasteiger partial charge on any atom is -0.397 e. The van der Waals surface area contributed by atoms with Crippen molar-refractivity contribution in [2.24, 2.45) is 0 Å². The maximum Gasteiger partial charge on any atom is 0.261 e. The van der Waals surface area contributed by atoms with Crippen LogP contribution in [0.25, 0.3) is 0 Å². The molecule has 0 aromatic heterocycles. The molecule has 110 valence electrons. The number of nitrogens with one attached hydrogen (secondary N) is 1. The molecule has 0 radical (unpaired) electrons. The van der Waals surface area contributed by atoms with Crippen LogP contribution in [0, 0.1) is 25.5 Å². The van der Waals surface area contributed by atoms with Gasteiger partial charge in [-0.2, -0.15) is 0 Å². The molecule has 0 saturated heterocycles. The van der Waals surface area contributed by atoms with Crippen LogP contribution in [0.15, 0.2) is 28.7 Å². The third-order valence-corrected chi connectivity index (χ3v) is 3.70. The first-order valence-electron chi connectivity index (χ1n) is 6.13. The molecule has 2 rings (SSSR count). The van der Waals surface area contributed by atoms with Gasteiger partial charge in [-0.15, -0.1) is 0 Å². The second-order valence-corrected chi connectivity index (χ2v) is 5.59. The molecule has 0 bridgehead atoms. The van der Waals surface area contributed by atoms with Crippen molar-refractivity contribution < 1.29 is 13.6 Å². The summed E-state index contributed by atoms with van der Waals surface area (Å²) in [6, 6.07) is 5.50. The van der Waals surface area contributed by atoms with Crippen molar-refractivity contribution in [3.63, 3.8) is 0 Å². The van der Waals surface area contributed by atoms with Gasteiger partial charge in [0.25, 0.3) is 5.91 Å². The van der Waals surface area contributed by atoms with Gasteiger partial charge in [-0.1, -0.05) is 22.0 Å². The molecule has 3 N–H and O–H groups in total. The number of hydrogen-bond acceptors (Lipinski definition) is 2. The average molecular weight is 355 g/mol. The second kappa shape index (κ2) is 5.81. The first kappa shape index (κ1) is 15.4. The van der Waals surface area contributed by atoms with Gasteiger partial charge in [0.2, 0.25) is 0 Å². The highest BCUT2D eigenvalue weighted by Crippen LogP contribution is 2.27. The number of hydrogen-bond donors (Lipinski definition) is 2. The Morgan fingerprint density at radius 1 is 1.19 bits per heavy atom. The molecular weight excluding hydrogens is 342 g/mol. The van der Waals surface area contributed by atoms with Crippen LogP contribution in [0.2, 0.25) is 0 Å². The molecule has 0 unspecified atom stereocenters. The van der Waals surface area contributed by atoms with Crippen molar-refractivity contribution >= 4 is 33.2 Å². The summed E-state index contributed by atoms with van der Waals surface area (Å²) >= 11 is 2.96. The predicted molar refractivity (Wildman–Crippen MR) is 82.3 cm³/mol. The normalized spacial score (nSPS) is 10.5.